The zero-order chi connectivity index (χ0) is 21.6. The predicted octanol–water partition coefficient (Wildman–Crippen LogP) is 2.07. The zero-order valence-electron chi connectivity index (χ0n) is 16.7. The van der Waals surface area contributed by atoms with Gasteiger partial charge in [0.15, 0.2) is 21.3 Å². The minimum Gasteiger partial charge on any atom is -0.368 e. The second-order valence-electron chi connectivity index (χ2n) is 6.59. The molecule has 0 aliphatic carbocycles. The molecular weight excluding hydrogens is 394 g/mol. The van der Waals surface area contributed by atoms with Gasteiger partial charge in [-0.15, -0.1) is 0 Å². The molecule has 0 radical (unpaired) electrons. The van der Waals surface area contributed by atoms with Gasteiger partial charge in [0.05, 0.1) is 10.6 Å². The lowest BCUT2D eigenvalue weighted by Crippen LogP contribution is -2.19. The van der Waals surface area contributed by atoms with E-state index in [1.807, 2.05) is 6.92 Å². The molecule has 0 unspecified atom stereocenters. The van der Waals surface area contributed by atoms with Crippen LogP contribution in [0.1, 0.15) is 42.9 Å². The van der Waals surface area contributed by atoms with E-state index in [1.165, 1.54) is 19.1 Å². The zero-order valence-corrected chi connectivity index (χ0v) is 17.5. The fraction of sp³-hybridized carbons (Fsp3) is 0.368. The van der Waals surface area contributed by atoms with Crippen LogP contribution in [0.3, 0.4) is 0 Å². The number of amides is 1. The molecule has 9 nitrogen and oxygen atoms in total. The number of primary amides is 1. The van der Waals surface area contributed by atoms with E-state index < -0.39 is 15.7 Å². The van der Waals surface area contributed by atoms with Gasteiger partial charge in [-0.25, -0.2) is 18.4 Å². The standard InChI is InChI=1S/C19H25N5O4S/c1-4-15-18(21-10-6-7-12(2)25)24-19(16(23-15)17(20)26)22-13-8-5-9-14(11-13)29(3,27)28/h5,8-9,11H,4,6-7,10H2,1-3H3,(H2,20,26)(H2,21,22,24). The average Bonchev–Trinajstić information content (AvgIpc) is 2.64. The van der Waals surface area contributed by atoms with Crippen LogP contribution in [0.5, 0.6) is 0 Å². The van der Waals surface area contributed by atoms with Crippen molar-refractivity contribution in [1.82, 2.24) is 9.97 Å². The number of nitrogens with two attached hydrogens (primary N) is 1. The summed E-state index contributed by atoms with van der Waals surface area (Å²) in [4.78, 5) is 31.9. The van der Waals surface area contributed by atoms with Gasteiger partial charge in [-0.05, 0) is 38.0 Å². The maximum atomic E-state index is 11.9. The Kier molecular flexibility index (Phi) is 7.27. The number of benzene rings is 1. The Morgan fingerprint density at radius 1 is 1.17 bits per heavy atom. The number of sulfone groups is 1. The number of anilines is 3. The largest absolute Gasteiger partial charge is 0.368 e. The lowest BCUT2D eigenvalue weighted by molar-refractivity contribution is -0.117. The number of aryl methyl sites for hydroxylation is 1. The van der Waals surface area contributed by atoms with Crippen molar-refractivity contribution in [3.63, 3.8) is 0 Å². The van der Waals surface area contributed by atoms with Crippen molar-refractivity contribution in [2.24, 2.45) is 5.73 Å². The summed E-state index contributed by atoms with van der Waals surface area (Å²) in [5.74, 6) is -0.0554. The highest BCUT2D eigenvalue weighted by molar-refractivity contribution is 7.90. The maximum Gasteiger partial charge on any atom is 0.271 e. The first kappa shape index (κ1) is 22.3. The number of nitrogens with one attached hydrogen (secondary N) is 2. The third-order valence-electron chi connectivity index (χ3n) is 4.06. The van der Waals surface area contributed by atoms with E-state index in [0.29, 0.717) is 43.0 Å². The number of Topliss-reactive ketones (excluding diaryl/α,β-unsaturated/α-hetero) is 1. The lowest BCUT2D eigenvalue weighted by Gasteiger charge is -2.15. The Labute approximate surface area is 170 Å². The summed E-state index contributed by atoms with van der Waals surface area (Å²) in [5, 5.41) is 6.07. The van der Waals surface area contributed by atoms with Crippen LogP contribution in [0.25, 0.3) is 0 Å². The molecule has 156 valence electrons. The Bertz CT molecular complexity index is 1020. The monoisotopic (exact) mass is 419 g/mol. The fourth-order valence-corrected chi connectivity index (χ4v) is 3.27. The van der Waals surface area contributed by atoms with Crippen LogP contribution in [-0.4, -0.2) is 42.9 Å². The first-order valence-corrected chi connectivity index (χ1v) is 11.0. The number of hydrogen-bond acceptors (Lipinski definition) is 8. The predicted molar refractivity (Wildman–Crippen MR) is 111 cm³/mol. The number of ketones is 1. The highest BCUT2D eigenvalue weighted by Crippen LogP contribution is 2.24. The molecule has 0 bridgehead atoms. The molecule has 1 aromatic carbocycles. The molecule has 1 aromatic heterocycles. The van der Waals surface area contributed by atoms with Gasteiger partial charge in [0.2, 0.25) is 0 Å². The highest BCUT2D eigenvalue weighted by atomic mass is 32.2. The molecule has 0 saturated carbocycles. The van der Waals surface area contributed by atoms with Crippen LogP contribution in [0.15, 0.2) is 29.2 Å². The second kappa shape index (κ2) is 9.46. The molecule has 29 heavy (non-hydrogen) atoms. The minimum atomic E-state index is -3.39. The van der Waals surface area contributed by atoms with Gasteiger partial charge in [0, 0.05) is 24.9 Å². The molecular formula is C19H25N5O4S. The molecule has 2 aromatic rings. The lowest BCUT2D eigenvalue weighted by atomic mass is 10.2. The topological polar surface area (TPSA) is 144 Å². The van der Waals surface area contributed by atoms with Crippen molar-refractivity contribution < 1.29 is 18.0 Å². The van der Waals surface area contributed by atoms with Crippen molar-refractivity contribution in [3.8, 4) is 0 Å². The van der Waals surface area contributed by atoms with Crippen molar-refractivity contribution in [1.29, 1.82) is 0 Å². The van der Waals surface area contributed by atoms with E-state index in [2.05, 4.69) is 20.6 Å². The Hall–Kier alpha value is -3.01. The quantitative estimate of drug-likeness (QED) is 0.496. The van der Waals surface area contributed by atoms with Crippen LogP contribution in [0.4, 0.5) is 17.3 Å². The summed E-state index contributed by atoms with van der Waals surface area (Å²) >= 11 is 0. The molecule has 0 atom stereocenters. The van der Waals surface area contributed by atoms with Crippen molar-refractivity contribution in [2.75, 3.05) is 23.4 Å². The molecule has 0 spiro atoms. The van der Waals surface area contributed by atoms with Gasteiger partial charge in [-0.3, -0.25) is 4.79 Å². The van der Waals surface area contributed by atoms with Crippen LogP contribution in [-0.2, 0) is 21.1 Å². The van der Waals surface area contributed by atoms with E-state index >= 15 is 0 Å². The molecule has 1 amide bonds. The van der Waals surface area contributed by atoms with Gasteiger partial charge in [0.25, 0.3) is 5.91 Å². The summed E-state index contributed by atoms with van der Waals surface area (Å²) < 4.78 is 23.6. The number of hydrogen-bond donors (Lipinski definition) is 3. The number of aromatic nitrogens is 2. The maximum absolute atomic E-state index is 11.9. The van der Waals surface area contributed by atoms with E-state index in [4.69, 9.17) is 5.73 Å². The van der Waals surface area contributed by atoms with E-state index in [0.717, 1.165) is 6.26 Å². The number of rotatable bonds is 10. The van der Waals surface area contributed by atoms with Gasteiger partial charge in [0.1, 0.15) is 11.6 Å². The number of nitrogens with zero attached hydrogens (tertiary/aromatic N) is 2. The van der Waals surface area contributed by atoms with Crippen molar-refractivity contribution >= 4 is 38.9 Å². The molecule has 1 heterocycles. The molecule has 0 fully saturated rings. The van der Waals surface area contributed by atoms with Gasteiger partial charge < -0.3 is 21.2 Å². The highest BCUT2D eigenvalue weighted by Gasteiger charge is 2.18. The Morgan fingerprint density at radius 3 is 2.48 bits per heavy atom. The molecule has 2 rings (SSSR count). The molecule has 0 saturated heterocycles. The molecule has 10 heteroatoms. The van der Waals surface area contributed by atoms with E-state index in [9.17, 15) is 18.0 Å². The van der Waals surface area contributed by atoms with E-state index in [1.54, 1.807) is 12.1 Å². The smallest absolute Gasteiger partial charge is 0.271 e. The average molecular weight is 420 g/mol. The first-order valence-electron chi connectivity index (χ1n) is 9.13. The first-order chi connectivity index (χ1) is 13.6. The Morgan fingerprint density at radius 2 is 1.90 bits per heavy atom. The van der Waals surface area contributed by atoms with Gasteiger partial charge in [-0.1, -0.05) is 13.0 Å². The summed E-state index contributed by atoms with van der Waals surface area (Å²) in [5.41, 5.74) is 6.41. The molecule has 4 N–H and O–H groups in total. The molecule has 0 aliphatic rings. The fourth-order valence-electron chi connectivity index (χ4n) is 2.60. The normalized spacial score (nSPS) is 11.1. The van der Waals surface area contributed by atoms with Gasteiger partial charge in [-0.2, -0.15) is 0 Å². The summed E-state index contributed by atoms with van der Waals surface area (Å²) in [6, 6.07) is 6.14. The Balaban J connectivity index is 2.37. The minimum absolute atomic E-state index is 0.0408. The SMILES string of the molecule is CCc1nc(C(N)=O)c(Nc2cccc(S(C)(=O)=O)c2)nc1NCCCC(C)=O. The van der Waals surface area contributed by atoms with Crippen LogP contribution in [0, 0.1) is 0 Å². The van der Waals surface area contributed by atoms with Crippen LogP contribution >= 0.6 is 0 Å². The van der Waals surface area contributed by atoms with E-state index in [-0.39, 0.29) is 22.2 Å². The summed E-state index contributed by atoms with van der Waals surface area (Å²) in [7, 11) is -3.39. The third-order valence-corrected chi connectivity index (χ3v) is 5.17. The van der Waals surface area contributed by atoms with Crippen molar-refractivity contribution in [2.45, 2.75) is 38.0 Å². The second-order valence-corrected chi connectivity index (χ2v) is 8.61. The summed E-state index contributed by atoms with van der Waals surface area (Å²) in [6.45, 7) is 3.92. The number of carbonyl (C=O) groups is 2. The summed E-state index contributed by atoms with van der Waals surface area (Å²) in [6.07, 6.45) is 2.72. The van der Waals surface area contributed by atoms with Gasteiger partial charge >= 0.3 is 0 Å². The molecule has 0 aliphatic heterocycles. The van der Waals surface area contributed by atoms with Crippen molar-refractivity contribution in [3.05, 3.63) is 35.7 Å². The third kappa shape index (κ3) is 6.24. The number of carbonyl (C=O) groups excluding carboxylic acids is 2. The van der Waals surface area contributed by atoms with Crippen LogP contribution in [0.2, 0.25) is 0 Å². The van der Waals surface area contributed by atoms with Crippen LogP contribution < -0.4 is 16.4 Å².